The average Bonchev–Trinajstić information content (AvgIpc) is 3.19. The normalized spacial score (nSPS) is 23.8. The first-order valence-corrected chi connectivity index (χ1v) is 6.74. The van der Waals surface area contributed by atoms with Crippen molar-refractivity contribution in [1.82, 2.24) is 0 Å². The van der Waals surface area contributed by atoms with Crippen molar-refractivity contribution in [2.75, 3.05) is 6.61 Å². The van der Waals surface area contributed by atoms with Crippen LogP contribution in [0.3, 0.4) is 0 Å². The minimum atomic E-state index is -0.275. The molecule has 0 bridgehead atoms. The van der Waals surface area contributed by atoms with Crippen molar-refractivity contribution in [3.05, 3.63) is 63.6 Å². The Balaban J connectivity index is 1.98. The van der Waals surface area contributed by atoms with Crippen molar-refractivity contribution < 1.29 is 9.47 Å². The number of halogens is 1. The minimum Gasteiger partial charge on any atom is -0.488 e. The molecule has 4 rings (SSSR count). The summed E-state index contributed by atoms with van der Waals surface area (Å²) in [5, 5.41) is 0. The lowest BCUT2D eigenvalue weighted by Gasteiger charge is -2.14. The Labute approximate surface area is 114 Å². The van der Waals surface area contributed by atoms with E-state index in [1.54, 1.807) is 0 Å². The molecule has 1 atom stereocenters. The molecule has 2 aliphatic heterocycles. The van der Waals surface area contributed by atoms with Gasteiger partial charge in [-0.1, -0.05) is 46.3 Å². The number of rotatable bonds is 0. The van der Waals surface area contributed by atoms with E-state index >= 15 is 0 Å². The maximum Gasteiger partial charge on any atom is 0.145 e. The van der Waals surface area contributed by atoms with Gasteiger partial charge in [0.1, 0.15) is 18.0 Å². The number of hydrogen-bond acceptors (Lipinski definition) is 2. The van der Waals surface area contributed by atoms with E-state index in [9.17, 15) is 0 Å². The zero-order valence-corrected chi connectivity index (χ0v) is 11.2. The molecule has 0 aliphatic carbocycles. The number of epoxide rings is 1. The molecular weight excluding hydrogens is 292 g/mol. The summed E-state index contributed by atoms with van der Waals surface area (Å²) in [6.45, 7) is 1.34. The fourth-order valence-corrected chi connectivity index (χ4v) is 3.01. The van der Waals surface area contributed by atoms with Gasteiger partial charge in [0.2, 0.25) is 0 Å². The van der Waals surface area contributed by atoms with E-state index in [0.717, 1.165) is 22.4 Å². The van der Waals surface area contributed by atoms with Crippen molar-refractivity contribution in [3.8, 4) is 5.75 Å². The molecule has 0 radical (unpaired) electrons. The quantitative estimate of drug-likeness (QED) is 0.693. The van der Waals surface area contributed by atoms with Crippen molar-refractivity contribution >= 4 is 15.9 Å². The van der Waals surface area contributed by atoms with Gasteiger partial charge in [-0.05, 0) is 23.3 Å². The van der Waals surface area contributed by atoms with Crippen molar-refractivity contribution in [3.63, 3.8) is 0 Å². The van der Waals surface area contributed by atoms with Crippen molar-refractivity contribution in [2.24, 2.45) is 0 Å². The summed E-state index contributed by atoms with van der Waals surface area (Å²) in [6.07, 6.45) is 0. The zero-order valence-electron chi connectivity index (χ0n) is 9.65. The average molecular weight is 303 g/mol. The molecule has 0 amide bonds. The Hall–Kier alpha value is -1.32. The van der Waals surface area contributed by atoms with Crippen LogP contribution < -0.4 is 4.74 Å². The van der Waals surface area contributed by atoms with E-state index in [4.69, 9.17) is 9.47 Å². The molecule has 0 N–H and O–H groups in total. The van der Waals surface area contributed by atoms with Crippen molar-refractivity contribution in [1.29, 1.82) is 0 Å². The van der Waals surface area contributed by atoms with Gasteiger partial charge in [0, 0.05) is 10.0 Å². The molecule has 3 heteroatoms. The van der Waals surface area contributed by atoms with E-state index < -0.39 is 0 Å². The van der Waals surface area contributed by atoms with E-state index in [2.05, 4.69) is 40.2 Å². The topological polar surface area (TPSA) is 21.8 Å². The van der Waals surface area contributed by atoms with Crippen LogP contribution in [0, 0.1) is 0 Å². The predicted octanol–water partition coefficient (Wildman–Crippen LogP) is 3.62. The molecule has 1 unspecified atom stereocenters. The largest absolute Gasteiger partial charge is 0.488 e. The standard InChI is InChI=1S/C15H11BrO2/c16-11-5-6-13-14(7-11)17-8-10-3-1-2-4-12(10)15(13)9-18-15/h1-7H,8-9H2. The maximum atomic E-state index is 5.92. The fraction of sp³-hybridized carbons (Fsp3) is 0.200. The lowest BCUT2D eigenvalue weighted by Crippen LogP contribution is -2.11. The summed E-state index contributed by atoms with van der Waals surface area (Å²) >= 11 is 3.49. The highest BCUT2D eigenvalue weighted by molar-refractivity contribution is 9.10. The maximum absolute atomic E-state index is 5.92. The molecule has 2 nitrogen and oxygen atoms in total. The van der Waals surface area contributed by atoms with Crippen LogP contribution in [0.2, 0.25) is 0 Å². The summed E-state index contributed by atoms with van der Waals surface area (Å²) in [5.41, 5.74) is 3.31. The molecule has 18 heavy (non-hydrogen) atoms. The first kappa shape index (κ1) is 10.6. The van der Waals surface area contributed by atoms with Gasteiger partial charge in [-0.15, -0.1) is 0 Å². The molecule has 0 aromatic heterocycles. The van der Waals surface area contributed by atoms with Crippen LogP contribution in [0.15, 0.2) is 46.9 Å². The van der Waals surface area contributed by atoms with Crippen LogP contribution in [0.1, 0.15) is 16.7 Å². The SMILES string of the molecule is Brc1ccc2c(c1)OCc1ccccc1C21CO1. The molecule has 0 saturated carbocycles. The number of hydrogen-bond donors (Lipinski definition) is 0. The molecule has 2 heterocycles. The van der Waals surface area contributed by atoms with Crippen LogP contribution in [0.4, 0.5) is 0 Å². The Kier molecular flexibility index (Phi) is 2.11. The van der Waals surface area contributed by atoms with Gasteiger partial charge in [-0.2, -0.15) is 0 Å². The van der Waals surface area contributed by atoms with Gasteiger partial charge in [0.25, 0.3) is 0 Å². The Bertz CT molecular complexity index is 632. The second-order valence-corrected chi connectivity index (χ2v) is 5.62. The number of benzene rings is 2. The third kappa shape index (κ3) is 1.38. The van der Waals surface area contributed by atoms with Crippen molar-refractivity contribution in [2.45, 2.75) is 12.2 Å². The Morgan fingerprint density at radius 2 is 1.89 bits per heavy atom. The Morgan fingerprint density at radius 1 is 1.06 bits per heavy atom. The van der Waals surface area contributed by atoms with Crippen LogP contribution in [-0.2, 0) is 16.9 Å². The Morgan fingerprint density at radius 3 is 2.72 bits per heavy atom. The third-order valence-electron chi connectivity index (χ3n) is 3.65. The van der Waals surface area contributed by atoms with E-state index in [1.165, 1.54) is 11.1 Å². The van der Waals surface area contributed by atoms with Crippen LogP contribution in [-0.4, -0.2) is 6.61 Å². The third-order valence-corrected chi connectivity index (χ3v) is 4.14. The molecule has 90 valence electrons. The lowest BCUT2D eigenvalue weighted by molar-refractivity contribution is 0.303. The summed E-state index contributed by atoms with van der Waals surface area (Å²) in [7, 11) is 0. The highest BCUT2D eigenvalue weighted by atomic mass is 79.9. The van der Waals surface area contributed by atoms with E-state index in [-0.39, 0.29) is 5.60 Å². The highest BCUT2D eigenvalue weighted by Crippen LogP contribution is 2.51. The van der Waals surface area contributed by atoms with Crippen LogP contribution in [0.25, 0.3) is 0 Å². The number of fused-ring (bicyclic) bond motifs is 4. The van der Waals surface area contributed by atoms with Gasteiger partial charge in [-0.3, -0.25) is 0 Å². The van der Waals surface area contributed by atoms with Crippen LogP contribution >= 0.6 is 15.9 Å². The molecule has 1 spiro atoms. The predicted molar refractivity (Wildman–Crippen MR) is 71.6 cm³/mol. The van der Waals surface area contributed by atoms with Gasteiger partial charge in [-0.25, -0.2) is 0 Å². The lowest BCUT2D eigenvalue weighted by atomic mass is 9.89. The second-order valence-electron chi connectivity index (χ2n) is 4.70. The van der Waals surface area contributed by atoms with Gasteiger partial charge >= 0.3 is 0 Å². The smallest absolute Gasteiger partial charge is 0.145 e. The molecule has 2 aliphatic rings. The number of ether oxygens (including phenoxy) is 2. The first-order chi connectivity index (χ1) is 8.79. The summed E-state index contributed by atoms with van der Waals surface area (Å²) in [4.78, 5) is 0. The summed E-state index contributed by atoms with van der Waals surface area (Å²) in [6, 6.07) is 14.5. The minimum absolute atomic E-state index is 0.275. The highest BCUT2D eigenvalue weighted by Gasteiger charge is 2.52. The fourth-order valence-electron chi connectivity index (χ4n) is 2.67. The van der Waals surface area contributed by atoms with E-state index in [1.807, 2.05) is 18.2 Å². The van der Waals surface area contributed by atoms with E-state index in [0.29, 0.717) is 6.61 Å². The molecule has 1 saturated heterocycles. The van der Waals surface area contributed by atoms with Gasteiger partial charge in [0.15, 0.2) is 0 Å². The van der Waals surface area contributed by atoms with Crippen LogP contribution in [0.5, 0.6) is 5.75 Å². The summed E-state index contributed by atoms with van der Waals surface area (Å²) in [5.74, 6) is 0.915. The zero-order chi connectivity index (χ0) is 12.2. The second kappa shape index (κ2) is 3.59. The molecule has 2 aromatic rings. The molecular formula is C15H11BrO2. The molecule has 1 fully saturated rings. The van der Waals surface area contributed by atoms with Gasteiger partial charge < -0.3 is 9.47 Å². The van der Waals surface area contributed by atoms with Gasteiger partial charge in [0.05, 0.1) is 6.61 Å². The summed E-state index contributed by atoms with van der Waals surface area (Å²) < 4.78 is 12.8. The monoisotopic (exact) mass is 302 g/mol. The molecule has 2 aromatic carbocycles. The first-order valence-electron chi connectivity index (χ1n) is 5.95.